The van der Waals surface area contributed by atoms with Crippen LogP contribution in [-0.2, 0) is 21.4 Å². The van der Waals surface area contributed by atoms with Crippen molar-refractivity contribution in [2.75, 3.05) is 0 Å². The van der Waals surface area contributed by atoms with E-state index in [-0.39, 0.29) is 22.4 Å². The number of benzene rings is 1. The lowest BCUT2D eigenvalue weighted by Crippen LogP contribution is -2.54. The molecule has 174 valence electrons. The molecule has 1 saturated carbocycles. The van der Waals surface area contributed by atoms with Crippen LogP contribution in [0.15, 0.2) is 18.2 Å². The number of rotatable bonds is 8. The second-order valence-electron chi connectivity index (χ2n) is 11.5. The topological polar surface area (TPSA) is 26.3 Å². The number of hydrogen-bond acceptors (Lipinski definition) is 2. The third-order valence-electron chi connectivity index (χ3n) is 8.91. The first-order chi connectivity index (χ1) is 14.6. The summed E-state index contributed by atoms with van der Waals surface area (Å²) in [7, 11) is 0. The first-order valence-electron chi connectivity index (χ1n) is 13.0. The van der Waals surface area contributed by atoms with Crippen LogP contribution in [0.2, 0.25) is 0 Å². The molecule has 0 radical (unpaired) electrons. The molecule has 2 aliphatic carbocycles. The number of fused-ring (bicyclic) bond motifs is 3. The number of carbonyl (C=O) groups excluding carboxylic acids is 1. The van der Waals surface area contributed by atoms with Crippen molar-refractivity contribution in [3.8, 4) is 0 Å². The quantitative estimate of drug-likeness (QED) is 0.310. The van der Waals surface area contributed by atoms with E-state index in [1.165, 1.54) is 36.0 Å². The molecule has 1 fully saturated rings. The van der Waals surface area contributed by atoms with Crippen molar-refractivity contribution in [2.24, 2.45) is 11.3 Å². The van der Waals surface area contributed by atoms with Gasteiger partial charge in [0.1, 0.15) is 5.60 Å². The molecule has 2 aliphatic rings. The molecule has 4 atom stereocenters. The molecule has 4 unspecified atom stereocenters. The van der Waals surface area contributed by atoms with E-state index in [1.54, 1.807) is 0 Å². The van der Waals surface area contributed by atoms with Crippen LogP contribution in [0.4, 0.5) is 0 Å². The van der Waals surface area contributed by atoms with E-state index < -0.39 is 0 Å². The molecule has 2 heteroatoms. The normalized spacial score (nSPS) is 29.7. The molecule has 0 spiro atoms. The fourth-order valence-corrected chi connectivity index (χ4v) is 6.50. The number of unbranched alkanes of at least 4 members (excludes halogenated alkanes) is 2. The lowest BCUT2D eigenvalue weighted by Gasteiger charge is -2.54. The Morgan fingerprint density at radius 2 is 1.94 bits per heavy atom. The Bertz CT molecular complexity index is 781. The van der Waals surface area contributed by atoms with Crippen molar-refractivity contribution in [1.29, 1.82) is 0 Å². The molecule has 0 saturated heterocycles. The highest BCUT2D eigenvalue weighted by molar-refractivity contribution is 5.78. The average molecular weight is 427 g/mol. The van der Waals surface area contributed by atoms with Gasteiger partial charge in [-0.25, -0.2) is 0 Å². The minimum atomic E-state index is -0.386. The van der Waals surface area contributed by atoms with Crippen LogP contribution in [0.25, 0.3) is 0 Å². The van der Waals surface area contributed by atoms with E-state index in [0.29, 0.717) is 11.8 Å². The van der Waals surface area contributed by atoms with E-state index in [1.807, 2.05) is 0 Å². The maximum atomic E-state index is 13.8. The third kappa shape index (κ3) is 4.60. The van der Waals surface area contributed by atoms with Crippen LogP contribution in [0, 0.1) is 11.3 Å². The number of hydrogen-bond donors (Lipinski definition) is 0. The van der Waals surface area contributed by atoms with E-state index in [0.717, 1.165) is 44.9 Å². The Kier molecular flexibility index (Phi) is 7.28. The van der Waals surface area contributed by atoms with Crippen LogP contribution in [-0.4, -0.2) is 11.6 Å². The minimum absolute atomic E-state index is 0.0616. The molecule has 0 aliphatic heterocycles. The zero-order valence-electron chi connectivity index (χ0n) is 21.3. The zero-order chi connectivity index (χ0) is 22.9. The fourth-order valence-electron chi connectivity index (χ4n) is 6.50. The van der Waals surface area contributed by atoms with Gasteiger partial charge in [0.05, 0.1) is 5.41 Å². The molecule has 0 heterocycles. The van der Waals surface area contributed by atoms with Gasteiger partial charge < -0.3 is 4.74 Å². The van der Waals surface area contributed by atoms with Gasteiger partial charge in [0.25, 0.3) is 0 Å². The number of esters is 1. The summed E-state index contributed by atoms with van der Waals surface area (Å²) in [5, 5.41) is 0. The lowest BCUT2D eigenvalue weighted by molar-refractivity contribution is -0.180. The van der Waals surface area contributed by atoms with Crippen molar-refractivity contribution in [3.05, 3.63) is 34.9 Å². The minimum Gasteiger partial charge on any atom is -0.459 e. The predicted octanol–water partition coefficient (Wildman–Crippen LogP) is 8.11. The summed E-state index contributed by atoms with van der Waals surface area (Å²) in [4.78, 5) is 13.8. The van der Waals surface area contributed by atoms with Gasteiger partial charge in [0.15, 0.2) is 0 Å². The second-order valence-corrected chi connectivity index (χ2v) is 11.5. The summed E-state index contributed by atoms with van der Waals surface area (Å²) < 4.78 is 6.37. The summed E-state index contributed by atoms with van der Waals surface area (Å²) in [5.74, 6) is 0.976. The Balaban J connectivity index is 1.87. The van der Waals surface area contributed by atoms with E-state index in [2.05, 4.69) is 66.7 Å². The van der Waals surface area contributed by atoms with E-state index >= 15 is 0 Å². The highest BCUT2D eigenvalue weighted by Crippen LogP contribution is 2.58. The van der Waals surface area contributed by atoms with Gasteiger partial charge in [-0.1, -0.05) is 72.1 Å². The summed E-state index contributed by atoms with van der Waals surface area (Å²) in [6.45, 7) is 15.7. The SMILES string of the molecule is CCCCCC(C)(CC)OC(=O)C1(C)CCCC2(C)c3ccc(C(C)C)cc3CCC12. The van der Waals surface area contributed by atoms with Gasteiger partial charge >= 0.3 is 5.97 Å². The largest absolute Gasteiger partial charge is 0.459 e. The Labute approximate surface area is 191 Å². The standard InChI is InChI=1S/C29H46O2/c1-8-10-11-17-27(5,9-2)31-26(30)29(7)19-12-18-28(6)24-15-13-22(21(3)4)20-23(24)14-16-25(28)29/h13,15,20-21,25H,8-12,14,16-19H2,1-7H3. The first-order valence-corrected chi connectivity index (χ1v) is 13.0. The fraction of sp³-hybridized carbons (Fsp3) is 0.759. The van der Waals surface area contributed by atoms with Gasteiger partial charge in [-0.3, -0.25) is 4.79 Å². The average Bonchev–Trinajstić information content (AvgIpc) is 2.73. The maximum absolute atomic E-state index is 13.8. The molecule has 2 nitrogen and oxygen atoms in total. The first kappa shape index (κ1) is 24.3. The molecule has 0 aromatic heterocycles. The van der Waals surface area contributed by atoms with Crippen LogP contribution in [0.3, 0.4) is 0 Å². The molecule has 1 aromatic rings. The number of aryl methyl sites for hydroxylation is 1. The summed E-state index contributed by atoms with van der Waals surface area (Å²) >= 11 is 0. The predicted molar refractivity (Wildman–Crippen MR) is 131 cm³/mol. The molecule has 31 heavy (non-hydrogen) atoms. The third-order valence-corrected chi connectivity index (χ3v) is 8.91. The summed E-state index contributed by atoms with van der Waals surface area (Å²) in [6, 6.07) is 7.14. The van der Waals surface area contributed by atoms with Crippen molar-refractivity contribution in [3.63, 3.8) is 0 Å². The van der Waals surface area contributed by atoms with E-state index in [9.17, 15) is 4.79 Å². The van der Waals surface area contributed by atoms with Crippen molar-refractivity contribution >= 4 is 5.97 Å². The molecule has 0 N–H and O–H groups in total. The van der Waals surface area contributed by atoms with Crippen molar-refractivity contribution in [2.45, 2.75) is 130 Å². The van der Waals surface area contributed by atoms with Gasteiger partial charge in [-0.05, 0) is 92.7 Å². The number of carbonyl (C=O) groups is 1. The van der Waals surface area contributed by atoms with Crippen molar-refractivity contribution in [1.82, 2.24) is 0 Å². The van der Waals surface area contributed by atoms with Gasteiger partial charge in [0, 0.05) is 0 Å². The maximum Gasteiger partial charge on any atom is 0.312 e. The van der Waals surface area contributed by atoms with Gasteiger partial charge in [-0.15, -0.1) is 0 Å². The van der Waals surface area contributed by atoms with Crippen LogP contribution < -0.4 is 0 Å². The molecule has 3 rings (SSSR count). The van der Waals surface area contributed by atoms with E-state index in [4.69, 9.17) is 4.74 Å². The molecular weight excluding hydrogens is 380 g/mol. The Hall–Kier alpha value is -1.31. The molecule has 0 bridgehead atoms. The molecule has 1 aromatic carbocycles. The van der Waals surface area contributed by atoms with Crippen LogP contribution in [0.5, 0.6) is 0 Å². The Morgan fingerprint density at radius 3 is 2.58 bits per heavy atom. The molecule has 0 amide bonds. The van der Waals surface area contributed by atoms with Crippen LogP contribution in [0.1, 0.15) is 129 Å². The van der Waals surface area contributed by atoms with Gasteiger partial charge in [0.2, 0.25) is 0 Å². The monoisotopic (exact) mass is 426 g/mol. The van der Waals surface area contributed by atoms with Gasteiger partial charge in [-0.2, -0.15) is 0 Å². The second kappa shape index (κ2) is 9.28. The highest BCUT2D eigenvalue weighted by Gasteiger charge is 2.56. The summed E-state index contributed by atoms with van der Waals surface area (Å²) in [5.41, 5.74) is 3.79. The van der Waals surface area contributed by atoms with Crippen molar-refractivity contribution < 1.29 is 9.53 Å². The smallest absolute Gasteiger partial charge is 0.312 e. The molecular formula is C29H46O2. The zero-order valence-corrected chi connectivity index (χ0v) is 21.3. The highest BCUT2D eigenvalue weighted by atomic mass is 16.6. The number of ether oxygens (including phenoxy) is 1. The van der Waals surface area contributed by atoms with Crippen LogP contribution >= 0.6 is 0 Å². The summed E-state index contributed by atoms with van der Waals surface area (Å²) in [6.07, 6.45) is 10.8. The Morgan fingerprint density at radius 1 is 1.19 bits per heavy atom. The lowest BCUT2D eigenvalue weighted by atomic mass is 9.49.